The molecule has 0 aromatic heterocycles. The van der Waals surface area contributed by atoms with Gasteiger partial charge in [-0.3, -0.25) is 0 Å². The molecule has 0 aromatic carbocycles. The summed E-state index contributed by atoms with van der Waals surface area (Å²) >= 11 is 6.46. The molecule has 1 saturated heterocycles. The van der Waals surface area contributed by atoms with E-state index in [9.17, 15) is 0 Å². The average Bonchev–Trinajstić information content (AvgIpc) is 2.26. The Labute approximate surface area is 114 Å². The van der Waals surface area contributed by atoms with Gasteiger partial charge in [0.25, 0.3) is 0 Å². The van der Waals surface area contributed by atoms with Gasteiger partial charge in [0.05, 0.1) is 13.2 Å². The van der Waals surface area contributed by atoms with E-state index in [1.54, 1.807) is 0 Å². The zero-order valence-corrected chi connectivity index (χ0v) is 12.4. The molecule has 0 aromatic rings. The van der Waals surface area contributed by atoms with Crippen LogP contribution in [0.1, 0.15) is 32.1 Å². The predicted octanol–water partition coefficient (Wildman–Crippen LogP) is 3.94. The Morgan fingerprint density at radius 2 is 2.00 bits per heavy atom. The molecule has 1 aliphatic heterocycles. The first-order valence-electron chi connectivity index (χ1n) is 5.42. The Morgan fingerprint density at radius 1 is 1.31 bits per heavy atom. The summed E-state index contributed by atoms with van der Waals surface area (Å²) in [5.41, 5.74) is 0. The molecule has 0 N–H and O–H groups in total. The van der Waals surface area contributed by atoms with E-state index in [0.717, 1.165) is 49.8 Å². The molecule has 1 fully saturated rings. The number of hydrogen-bond donors (Lipinski definition) is 0. The summed E-state index contributed by atoms with van der Waals surface area (Å²) in [6, 6.07) is 0. The Morgan fingerprint density at radius 3 is 2.56 bits per heavy atom. The lowest BCUT2D eigenvalue weighted by Crippen LogP contribution is -2.39. The fraction of sp³-hybridized carbons (Fsp3) is 0.667. The number of hydrogen-bond acceptors (Lipinski definition) is 2. The molecule has 0 saturated carbocycles. The highest BCUT2D eigenvalue weighted by Gasteiger charge is 2.32. The second kappa shape index (κ2) is 7.50. The third-order valence-electron chi connectivity index (χ3n) is 2.40. The van der Waals surface area contributed by atoms with E-state index in [-0.39, 0.29) is 0 Å². The van der Waals surface area contributed by atoms with Crippen LogP contribution in [0, 0.1) is 10.8 Å². The second-order valence-corrected chi connectivity index (χ2v) is 5.27. The molecule has 0 radical (unpaired) electrons. The van der Waals surface area contributed by atoms with E-state index in [1.165, 1.54) is 0 Å². The molecule has 0 amide bonds. The van der Waals surface area contributed by atoms with Crippen LogP contribution >= 0.6 is 31.9 Å². The van der Waals surface area contributed by atoms with Crippen LogP contribution in [0.5, 0.6) is 0 Å². The molecule has 1 aliphatic rings. The van der Waals surface area contributed by atoms with Gasteiger partial charge in [-0.1, -0.05) is 22.5 Å². The van der Waals surface area contributed by atoms with Crippen molar-refractivity contribution in [2.75, 3.05) is 13.2 Å². The highest BCUT2D eigenvalue weighted by molar-refractivity contribution is 9.12. The van der Waals surface area contributed by atoms with Crippen molar-refractivity contribution in [2.24, 2.45) is 0 Å². The minimum absolute atomic E-state index is 0.685. The quantitative estimate of drug-likeness (QED) is 0.551. The molecule has 90 valence electrons. The summed E-state index contributed by atoms with van der Waals surface area (Å²) in [4.78, 5) is 2.71. The Balaban J connectivity index is 2.37. The number of ether oxygens (including phenoxy) is 2. The third kappa shape index (κ3) is 5.01. The van der Waals surface area contributed by atoms with Gasteiger partial charge < -0.3 is 9.47 Å². The lowest BCUT2D eigenvalue weighted by atomic mass is 10.1. The summed E-state index contributed by atoms with van der Waals surface area (Å²) < 4.78 is 12.3. The lowest BCUT2D eigenvalue weighted by molar-refractivity contribution is -0.233. The number of allylic oxidation sites excluding steroid dienone is 1. The number of rotatable bonds is 5. The summed E-state index contributed by atoms with van der Waals surface area (Å²) in [6.45, 7) is 5.27. The van der Waals surface area contributed by atoms with Crippen LogP contribution in [0.25, 0.3) is 0 Å². The van der Waals surface area contributed by atoms with Crippen molar-refractivity contribution in [3.63, 3.8) is 0 Å². The number of unbranched alkanes of at least 4 members (excludes halogenated alkanes) is 1. The topological polar surface area (TPSA) is 18.5 Å². The van der Waals surface area contributed by atoms with Crippen molar-refractivity contribution >= 4 is 31.9 Å². The maximum atomic E-state index is 5.65. The van der Waals surface area contributed by atoms with Crippen LogP contribution < -0.4 is 0 Å². The second-order valence-electron chi connectivity index (χ2n) is 3.75. The van der Waals surface area contributed by atoms with Gasteiger partial charge >= 0.3 is 0 Å². The average molecular weight is 352 g/mol. The van der Waals surface area contributed by atoms with Gasteiger partial charge in [-0.2, -0.15) is 0 Å². The maximum Gasteiger partial charge on any atom is 0.234 e. The number of halogens is 2. The van der Waals surface area contributed by atoms with E-state index >= 15 is 0 Å². The van der Waals surface area contributed by atoms with Gasteiger partial charge in [0.15, 0.2) is 0 Å². The van der Waals surface area contributed by atoms with Crippen LogP contribution in [0.4, 0.5) is 0 Å². The normalized spacial score (nSPS) is 18.6. The van der Waals surface area contributed by atoms with Crippen LogP contribution in [0.15, 0.2) is 11.1 Å². The standard InChI is InChI=1S/C12H16Br2O2/c1-11(14)5-2-3-6-12(7-8-13)15-9-4-10-16-12/h1-6,9-10H2. The smallest absolute Gasteiger partial charge is 0.234 e. The molecule has 0 bridgehead atoms. The summed E-state index contributed by atoms with van der Waals surface area (Å²) in [6.07, 6.45) is 4.84. The molecule has 0 unspecified atom stereocenters. The van der Waals surface area contributed by atoms with Crippen molar-refractivity contribution in [2.45, 2.75) is 37.9 Å². The zero-order chi connectivity index (χ0) is 11.9. The molecular formula is C12H16Br2O2. The first-order chi connectivity index (χ1) is 7.68. The summed E-state index contributed by atoms with van der Waals surface area (Å²) in [5.74, 6) is 2.29. The van der Waals surface area contributed by atoms with Crippen LogP contribution in [-0.2, 0) is 9.47 Å². The Hall–Kier alpha value is 0.180. The minimum Gasteiger partial charge on any atom is -0.340 e. The first kappa shape index (κ1) is 14.2. The zero-order valence-electron chi connectivity index (χ0n) is 9.23. The van der Waals surface area contributed by atoms with Crippen molar-refractivity contribution in [3.05, 3.63) is 11.1 Å². The molecule has 16 heavy (non-hydrogen) atoms. The monoisotopic (exact) mass is 350 g/mol. The van der Waals surface area contributed by atoms with Crippen LogP contribution in [0.2, 0.25) is 0 Å². The molecule has 1 rings (SSSR count). The van der Waals surface area contributed by atoms with Crippen LogP contribution in [-0.4, -0.2) is 19.0 Å². The first-order valence-corrected chi connectivity index (χ1v) is 7.01. The Kier molecular flexibility index (Phi) is 6.67. The van der Waals surface area contributed by atoms with Crippen molar-refractivity contribution in [3.8, 4) is 10.8 Å². The summed E-state index contributed by atoms with van der Waals surface area (Å²) in [5, 5.41) is 0. The largest absolute Gasteiger partial charge is 0.340 e. The predicted molar refractivity (Wildman–Crippen MR) is 72.5 cm³/mol. The van der Waals surface area contributed by atoms with Gasteiger partial charge in [-0.05, 0) is 40.9 Å². The van der Waals surface area contributed by atoms with Gasteiger partial charge in [-0.25, -0.2) is 0 Å². The SMILES string of the molecule is C=C(Br)CCCCC1(C#CBr)OCCCO1. The molecule has 0 spiro atoms. The van der Waals surface area contributed by atoms with Crippen LogP contribution in [0.3, 0.4) is 0 Å². The van der Waals surface area contributed by atoms with Crippen molar-refractivity contribution < 1.29 is 9.47 Å². The van der Waals surface area contributed by atoms with Crippen molar-refractivity contribution in [1.82, 2.24) is 0 Å². The van der Waals surface area contributed by atoms with E-state index in [2.05, 4.69) is 49.2 Å². The highest BCUT2D eigenvalue weighted by Crippen LogP contribution is 2.26. The minimum atomic E-state index is -0.685. The fourth-order valence-electron chi connectivity index (χ4n) is 1.60. The highest BCUT2D eigenvalue weighted by atomic mass is 79.9. The maximum absolute atomic E-state index is 5.65. The van der Waals surface area contributed by atoms with Gasteiger partial charge in [0.1, 0.15) is 0 Å². The van der Waals surface area contributed by atoms with Crippen molar-refractivity contribution in [1.29, 1.82) is 0 Å². The van der Waals surface area contributed by atoms with E-state index in [4.69, 9.17) is 9.47 Å². The van der Waals surface area contributed by atoms with E-state index in [0.29, 0.717) is 0 Å². The van der Waals surface area contributed by atoms with E-state index < -0.39 is 5.79 Å². The fourth-order valence-corrected chi connectivity index (χ4v) is 2.18. The lowest BCUT2D eigenvalue weighted by Gasteiger charge is -2.32. The Bertz CT molecular complexity index is 285. The molecule has 0 atom stereocenters. The van der Waals surface area contributed by atoms with E-state index in [1.807, 2.05) is 0 Å². The van der Waals surface area contributed by atoms with Gasteiger partial charge in [0, 0.05) is 22.4 Å². The molecular weight excluding hydrogens is 336 g/mol. The molecule has 1 heterocycles. The van der Waals surface area contributed by atoms with Gasteiger partial charge in [0.2, 0.25) is 5.79 Å². The third-order valence-corrected chi connectivity index (χ3v) is 3.00. The van der Waals surface area contributed by atoms with Gasteiger partial charge in [-0.15, -0.1) is 0 Å². The molecule has 2 nitrogen and oxygen atoms in total. The molecule has 0 aliphatic carbocycles. The summed E-state index contributed by atoms with van der Waals surface area (Å²) in [7, 11) is 0. The molecule has 4 heteroatoms.